The number of rotatable bonds is 4. The maximum absolute atomic E-state index is 12.1. The quantitative estimate of drug-likeness (QED) is 0.884. The van der Waals surface area contributed by atoms with Crippen LogP contribution in [0.2, 0.25) is 0 Å². The highest BCUT2D eigenvalue weighted by molar-refractivity contribution is 7.10. The summed E-state index contributed by atoms with van der Waals surface area (Å²) >= 11 is 1.72. The Balaban J connectivity index is 2.35. The molecular weight excluding hydrogens is 258 g/mol. The lowest BCUT2D eigenvalue weighted by Crippen LogP contribution is -2.64. The number of nitrogens with two attached hydrogens (primary N) is 1. The summed E-state index contributed by atoms with van der Waals surface area (Å²) in [4.78, 5) is 15.6. The van der Waals surface area contributed by atoms with Crippen molar-refractivity contribution in [1.82, 2.24) is 10.2 Å². The van der Waals surface area contributed by atoms with Crippen LogP contribution < -0.4 is 11.1 Å². The Hall–Kier alpha value is -0.910. The van der Waals surface area contributed by atoms with Crippen LogP contribution in [-0.2, 0) is 4.79 Å². The SMILES string of the molecule is CCC(N)C(c1cccs1)N1CCNC(=O)C1(C)C. The average molecular weight is 281 g/mol. The fraction of sp³-hybridized carbons (Fsp3) is 0.643. The van der Waals surface area contributed by atoms with Crippen molar-refractivity contribution in [3.05, 3.63) is 22.4 Å². The van der Waals surface area contributed by atoms with Crippen molar-refractivity contribution in [2.24, 2.45) is 5.73 Å². The third-order valence-corrected chi connectivity index (χ3v) is 4.90. The van der Waals surface area contributed by atoms with E-state index >= 15 is 0 Å². The van der Waals surface area contributed by atoms with Gasteiger partial charge in [-0.15, -0.1) is 11.3 Å². The van der Waals surface area contributed by atoms with Crippen LogP contribution in [0.25, 0.3) is 0 Å². The summed E-state index contributed by atoms with van der Waals surface area (Å²) in [6.07, 6.45) is 0.900. The number of carbonyl (C=O) groups is 1. The lowest BCUT2D eigenvalue weighted by Gasteiger charge is -2.47. The van der Waals surface area contributed by atoms with E-state index < -0.39 is 5.54 Å². The van der Waals surface area contributed by atoms with Gasteiger partial charge in [-0.2, -0.15) is 0 Å². The third kappa shape index (κ3) is 2.68. The topological polar surface area (TPSA) is 58.4 Å². The molecule has 2 heterocycles. The molecule has 0 bridgehead atoms. The van der Waals surface area contributed by atoms with Gasteiger partial charge in [-0.05, 0) is 31.7 Å². The number of hydrogen-bond donors (Lipinski definition) is 2. The molecule has 2 atom stereocenters. The fourth-order valence-electron chi connectivity index (χ4n) is 2.68. The van der Waals surface area contributed by atoms with Crippen molar-refractivity contribution in [3.63, 3.8) is 0 Å². The number of thiophene rings is 1. The molecule has 0 saturated carbocycles. The van der Waals surface area contributed by atoms with Crippen LogP contribution in [0.15, 0.2) is 17.5 Å². The van der Waals surface area contributed by atoms with Crippen LogP contribution in [-0.4, -0.2) is 35.5 Å². The minimum Gasteiger partial charge on any atom is -0.353 e. The molecule has 1 aliphatic rings. The van der Waals surface area contributed by atoms with E-state index in [1.54, 1.807) is 11.3 Å². The summed E-state index contributed by atoms with van der Waals surface area (Å²) in [5.74, 6) is 0.0867. The minimum atomic E-state index is -0.514. The zero-order valence-electron chi connectivity index (χ0n) is 11.8. The summed E-state index contributed by atoms with van der Waals surface area (Å²) in [6, 6.07) is 4.33. The maximum atomic E-state index is 12.1. The number of amides is 1. The van der Waals surface area contributed by atoms with E-state index in [9.17, 15) is 4.79 Å². The van der Waals surface area contributed by atoms with Gasteiger partial charge in [-0.3, -0.25) is 9.69 Å². The zero-order chi connectivity index (χ0) is 14.0. The molecule has 19 heavy (non-hydrogen) atoms. The first-order valence-corrected chi connectivity index (χ1v) is 7.70. The predicted octanol–water partition coefficient (Wildman–Crippen LogP) is 1.74. The van der Waals surface area contributed by atoms with Gasteiger partial charge < -0.3 is 11.1 Å². The zero-order valence-corrected chi connectivity index (χ0v) is 12.7. The Morgan fingerprint density at radius 3 is 2.89 bits per heavy atom. The van der Waals surface area contributed by atoms with Gasteiger partial charge in [0, 0.05) is 24.0 Å². The average Bonchev–Trinajstić information content (AvgIpc) is 2.88. The molecule has 1 amide bonds. The molecule has 2 unspecified atom stereocenters. The van der Waals surface area contributed by atoms with E-state index in [1.165, 1.54) is 4.88 Å². The number of piperazine rings is 1. The second-order valence-corrected chi connectivity index (χ2v) is 6.52. The first kappa shape index (κ1) is 14.5. The Bertz CT molecular complexity index is 430. The first-order valence-electron chi connectivity index (χ1n) is 6.82. The lowest BCUT2D eigenvalue weighted by molar-refractivity contribution is -0.137. The normalized spacial score (nSPS) is 22.8. The Morgan fingerprint density at radius 1 is 1.58 bits per heavy atom. The number of hydrogen-bond acceptors (Lipinski definition) is 4. The molecule has 3 N–H and O–H groups in total. The van der Waals surface area contributed by atoms with Gasteiger partial charge in [0.1, 0.15) is 0 Å². The van der Waals surface area contributed by atoms with Gasteiger partial charge >= 0.3 is 0 Å². The van der Waals surface area contributed by atoms with Gasteiger partial charge in [0.15, 0.2) is 0 Å². The number of nitrogens with one attached hydrogen (secondary N) is 1. The molecule has 4 nitrogen and oxygen atoms in total. The summed E-state index contributed by atoms with van der Waals surface area (Å²) in [5, 5.41) is 5.01. The van der Waals surface area contributed by atoms with Crippen molar-refractivity contribution < 1.29 is 4.79 Å². The second kappa shape index (κ2) is 5.61. The highest BCUT2D eigenvalue weighted by Gasteiger charge is 2.43. The van der Waals surface area contributed by atoms with Crippen LogP contribution >= 0.6 is 11.3 Å². The van der Waals surface area contributed by atoms with Crippen molar-refractivity contribution >= 4 is 17.2 Å². The molecule has 1 aromatic rings. The number of nitrogens with zero attached hydrogens (tertiary/aromatic N) is 1. The van der Waals surface area contributed by atoms with Crippen LogP contribution in [0.4, 0.5) is 0 Å². The summed E-state index contributed by atoms with van der Waals surface area (Å²) in [5.41, 5.74) is 5.82. The highest BCUT2D eigenvalue weighted by Crippen LogP contribution is 2.34. The van der Waals surface area contributed by atoms with Crippen molar-refractivity contribution in [1.29, 1.82) is 0 Å². The van der Waals surface area contributed by atoms with Crippen LogP contribution in [0.1, 0.15) is 38.1 Å². The maximum Gasteiger partial charge on any atom is 0.240 e. The summed E-state index contributed by atoms with van der Waals surface area (Å²) < 4.78 is 0. The molecule has 106 valence electrons. The smallest absolute Gasteiger partial charge is 0.240 e. The standard InChI is InChI=1S/C14H23N3OS/c1-4-10(15)12(11-6-5-9-19-11)17-8-7-16-13(18)14(17,2)3/h5-6,9-10,12H,4,7-8,15H2,1-3H3,(H,16,18). The third-order valence-electron chi connectivity index (χ3n) is 3.96. The number of carbonyl (C=O) groups excluding carboxylic acids is 1. The Morgan fingerprint density at radius 2 is 2.32 bits per heavy atom. The molecule has 0 aliphatic carbocycles. The van der Waals surface area contributed by atoms with E-state index in [2.05, 4.69) is 28.6 Å². The molecule has 1 fully saturated rings. The molecule has 1 aromatic heterocycles. The Kier molecular flexibility index (Phi) is 4.28. The van der Waals surface area contributed by atoms with E-state index in [0.29, 0.717) is 6.54 Å². The van der Waals surface area contributed by atoms with Crippen molar-refractivity contribution in [2.45, 2.75) is 44.8 Å². The molecule has 0 radical (unpaired) electrons. The summed E-state index contributed by atoms with van der Waals surface area (Å²) in [7, 11) is 0. The van der Waals surface area contributed by atoms with Crippen molar-refractivity contribution in [3.8, 4) is 0 Å². The van der Waals surface area contributed by atoms with Gasteiger partial charge in [0.25, 0.3) is 0 Å². The molecule has 5 heteroatoms. The lowest BCUT2D eigenvalue weighted by atomic mass is 9.92. The highest BCUT2D eigenvalue weighted by atomic mass is 32.1. The fourth-order valence-corrected chi connectivity index (χ4v) is 3.59. The monoisotopic (exact) mass is 281 g/mol. The molecule has 2 rings (SSSR count). The molecule has 0 spiro atoms. The van der Waals surface area contributed by atoms with Crippen LogP contribution in [0, 0.1) is 0 Å². The van der Waals surface area contributed by atoms with Gasteiger partial charge in [-0.25, -0.2) is 0 Å². The van der Waals surface area contributed by atoms with Gasteiger partial charge in [0.2, 0.25) is 5.91 Å². The molecule has 1 aliphatic heterocycles. The van der Waals surface area contributed by atoms with Crippen LogP contribution in [0.3, 0.4) is 0 Å². The first-order chi connectivity index (χ1) is 8.98. The largest absolute Gasteiger partial charge is 0.353 e. The van der Waals surface area contributed by atoms with E-state index in [4.69, 9.17) is 5.73 Å². The predicted molar refractivity (Wildman–Crippen MR) is 79.1 cm³/mol. The van der Waals surface area contributed by atoms with E-state index in [-0.39, 0.29) is 18.0 Å². The van der Waals surface area contributed by atoms with Crippen molar-refractivity contribution in [2.75, 3.05) is 13.1 Å². The molecule has 0 aromatic carbocycles. The minimum absolute atomic E-state index is 0.0452. The van der Waals surface area contributed by atoms with Gasteiger partial charge in [0.05, 0.1) is 11.6 Å². The molecular formula is C14H23N3OS. The van der Waals surface area contributed by atoms with Crippen LogP contribution in [0.5, 0.6) is 0 Å². The van der Waals surface area contributed by atoms with E-state index in [0.717, 1.165) is 13.0 Å². The van der Waals surface area contributed by atoms with Gasteiger partial charge in [-0.1, -0.05) is 13.0 Å². The van der Waals surface area contributed by atoms with E-state index in [1.807, 2.05) is 19.9 Å². The summed E-state index contributed by atoms with van der Waals surface area (Å²) in [6.45, 7) is 7.59. The Labute approximate surface area is 119 Å². The second-order valence-electron chi connectivity index (χ2n) is 5.54. The molecule has 1 saturated heterocycles.